The van der Waals surface area contributed by atoms with Gasteiger partial charge in [-0.2, -0.15) is 0 Å². The summed E-state index contributed by atoms with van der Waals surface area (Å²) < 4.78 is 5.61. The third kappa shape index (κ3) is 11.5. The SMILES string of the molecule is CCCCNC(N)=NCCCCOCc1ccccc1.I. The fourth-order valence-corrected chi connectivity index (χ4v) is 1.73. The Kier molecular flexibility index (Phi) is 13.6. The summed E-state index contributed by atoms with van der Waals surface area (Å²) in [5.74, 6) is 0.559. The summed E-state index contributed by atoms with van der Waals surface area (Å²) in [6.07, 6.45) is 4.31. The van der Waals surface area contributed by atoms with E-state index in [9.17, 15) is 0 Å². The molecule has 3 N–H and O–H groups in total. The van der Waals surface area contributed by atoms with Gasteiger partial charge >= 0.3 is 0 Å². The summed E-state index contributed by atoms with van der Waals surface area (Å²) in [5, 5.41) is 3.10. The number of nitrogens with one attached hydrogen (secondary N) is 1. The molecule has 0 unspecified atom stereocenters. The predicted octanol–water partition coefficient (Wildman–Crippen LogP) is 3.31. The maximum atomic E-state index is 5.74. The molecule has 0 aliphatic heterocycles. The summed E-state index contributed by atoms with van der Waals surface area (Å²) in [6.45, 7) is 5.29. The predicted molar refractivity (Wildman–Crippen MR) is 100 cm³/mol. The lowest BCUT2D eigenvalue weighted by molar-refractivity contribution is 0.117. The molecule has 4 nitrogen and oxygen atoms in total. The van der Waals surface area contributed by atoms with E-state index in [1.54, 1.807) is 0 Å². The Morgan fingerprint density at radius 2 is 1.95 bits per heavy atom. The van der Waals surface area contributed by atoms with Crippen molar-refractivity contribution >= 4 is 29.9 Å². The van der Waals surface area contributed by atoms with Crippen LogP contribution in [0.5, 0.6) is 0 Å². The zero-order valence-corrected chi connectivity index (χ0v) is 15.2. The Labute approximate surface area is 145 Å². The van der Waals surface area contributed by atoms with Crippen LogP contribution in [0.15, 0.2) is 35.3 Å². The van der Waals surface area contributed by atoms with Crippen LogP contribution >= 0.6 is 24.0 Å². The number of nitrogens with two attached hydrogens (primary N) is 1. The van der Waals surface area contributed by atoms with Gasteiger partial charge in [-0.05, 0) is 24.8 Å². The number of nitrogens with zero attached hydrogens (tertiary/aromatic N) is 1. The normalized spacial score (nSPS) is 11.0. The topological polar surface area (TPSA) is 59.6 Å². The van der Waals surface area contributed by atoms with E-state index in [0.717, 1.165) is 39.0 Å². The summed E-state index contributed by atoms with van der Waals surface area (Å²) in [5.41, 5.74) is 6.96. The Balaban J connectivity index is 0.00000400. The van der Waals surface area contributed by atoms with Gasteiger partial charge in [-0.3, -0.25) is 4.99 Å². The third-order valence-corrected chi connectivity index (χ3v) is 2.93. The summed E-state index contributed by atoms with van der Waals surface area (Å²) in [4.78, 5) is 4.28. The molecule has 1 aromatic rings. The molecular weight excluding hydrogens is 377 g/mol. The first kappa shape index (κ1) is 20.2. The molecule has 0 aliphatic rings. The number of aliphatic imine (C=N–C) groups is 1. The zero-order chi connectivity index (χ0) is 14.5. The first-order chi connectivity index (χ1) is 9.83. The van der Waals surface area contributed by atoms with E-state index in [2.05, 4.69) is 29.4 Å². The quantitative estimate of drug-likeness (QED) is 0.272. The van der Waals surface area contributed by atoms with Crippen LogP contribution in [0.25, 0.3) is 0 Å². The van der Waals surface area contributed by atoms with E-state index in [4.69, 9.17) is 10.5 Å². The van der Waals surface area contributed by atoms with Crippen molar-refractivity contribution in [2.24, 2.45) is 10.7 Å². The van der Waals surface area contributed by atoms with Crippen LogP contribution in [0.2, 0.25) is 0 Å². The maximum absolute atomic E-state index is 5.74. The van der Waals surface area contributed by atoms with Gasteiger partial charge in [0.05, 0.1) is 6.61 Å². The van der Waals surface area contributed by atoms with Gasteiger partial charge in [0.25, 0.3) is 0 Å². The van der Waals surface area contributed by atoms with Gasteiger partial charge in [0.2, 0.25) is 0 Å². The Hall–Kier alpha value is -0.820. The zero-order valence-electron chi connectivity index (χ0n) is 12.9. The number of unbranched alkanes of at least 4 members (excludes halogenated alkanes) is 2. The molecule has 5 heteroatoms. The molecular formula is C16H28IN3O. The van der Waals surface area contributed by atoms with Gasteiger partial charge < -0.3 is 15.8 Å². The van der Waals surface area contributed by atoms with Crippen molar-refractivity contribution in [1.29, 1.82) is 0 Å². The molecule has 0 heterocycles. The van der Waals surface area contributed by atoms with E-state index in [1.807, 2.05) is 18.2 Å². The van der Waals surface area contributed by atoms with Crippen molar-refractivity contribution in [2.45, 2.75) is 39.2 Å². The van der Waals surface area contributed by atoms with Gasteiger partial charge in [-0.25, -0.2) is 0 Å². The number of benzene rings is 1. The second-order valence-electron chi connectivity index (χ2n) is 4.79. The number of ether oxygens (including phenoxy) is 1. The van der Waals surface area contributed by atoms with Gasteiger partial charge in [-0.15, -0.1) is 24.0 Å². The van der Waals surface area contributed by atoms with Crippen molar-refractivity contribution in [3.05, 3.63) is 35.9 Å². The largest absolute Gasteiger partial charge is 0.377 e. The van der Waals surface area contributed by atoms with E-state index < -0.39 is 0 Å². The molecule has 0 atom stereocenters. The van der Waals surface area contributed by atoms with Crippen LogP contribution < -0.4 is 11.1 Å². The highest BCUT2D eigenvalue weighted by molar-refractivity contribution is 14.0. The fourth-order valence-electron chi connectivity index (χ4n) is 1.73. The highest BCUT2D eigenvalue weighted by Crippen LogP contribution is 2.01. The molecule has 0 aliphatic carbocycles. The molecule has 21 heavy (non-hydrogen) atoms. The van der Waals surface area contributed by atoms with Crippen molar-refractivity contribution in [3.63, 3.8) is 0 Å². The van der Waals surface area contributed by atoms with Gasteiger partial charge in [0.15, 0.2) is 5.96 Å². The van der Waals surface area contributed by atoms with Gasteiger partial charge in [-0.1, -0.05) is 43.7 Å². The second-order valence-corrected chi connectivity index (χ2v) is 4.79. The molecule has 0 bridgehead atoms. The Morgan fingerprint density at radius 1 is 1.19 bits per heavy atom. The van der Waals surface area contributed by atoms with Crippen LogP contribution in [0.4, 0.5) is 0 Å². The Morgan fingerprint density at radius 3 is 2.67 bits per heavy atom. The lowest BCUT2D eigenvalue weighted by Crippen LogP contribution is -2.32. The smallest absolute Gasteiger partial charge is 0.188 e. The van der Waals surface area contributed by atoms with Crippen molar-refractivity contribution < 1.29 is 4.74 Å². The maximum Gasteiger partial charge on any atom is 0.188 e. The first-order valence-corrected chi connectivity index (χ1v) is 7.48. The van der Waals surface area contributed by atoms with Crippen molar-refractivity contribution in [3.8, 4) is 0 Å². The highest BCUT2D eigenvalue weighted by atomic mass is 127. The fraction of sp³-hybridized carbons (Fsp3) is 0.562. The lowest BCUT2D eigenvalue weighted by Gasteiger charge is -2.05. The number of hydrogen-bond acceptors (Lipinski definition) is 2. The number of rotatable bonds is 10. The standard InChI is InChI=1S/C16H27N3O.HI/c1-2-3-11-18-16(17)19-12-7-8-13-20-14-15-9-5-4-6-10-15;/h4-6,9-10H,2-3,7-8,11-14H2,1H3,(H3,17,18,19);1H. The van der Waals surface area contributed by atoms with Crippen LogP contribution in [0.1, 0.15) is 38.2 Å². The summed E-state index contributed by atoms with van der Waals surface area (Å²) in [7, 11) is 0. The lowest BCUT2D eigenvalue weighted by atomic mass is 10.2. The van der Waals surface area contributed by atoms with Gasteiger partial charge in [0, 0.05) is 19.7 Å². The van der Waals surface area contributed by atoms with Crippen LogP contribution in [-0.2, 0) is 11.3 Å². The monoisotopic (exact) mass is 405 g/mol. The van der Waals surface area contributed by atoms with Crippen molar-refractivity contribution in [1.82, 2.24) is 5.32 Å². The minimum Gasteiger partial charge on any atom is -0.377 e. The van der Waals surface area contributed by atoms with E-state index in [1.165, 1.54) is 12.0 Å². The molecule has 0 fully saturated rings. The minimum atomic E-state index is 0. The van der Waals surface area contributed by atoms with Crippen LogP contribution in [-0.4, -0.2) is 25.7 Å². The highest BCUT2D eigenvalue weighted by Gasteiger charge is 1.93. The Bertz CT molecular complexity index is 371. The summed E-state index contributed by atoms with van der Waals surface area (Å²) >= 11 is 0. The average molecular weight is 405 g/mol. The van der Waals surface area contributed by atoms with E-state index >= 15 is 0 Å². The number of halogens is 1. The number of hydrogen-bond donors (Lipinski definition) is 2. The van der Waals surface area contributed by atoms with Crippen molar-refractivity contribution in [2.75, 3.05) is 19.7 Å². The molecule has 0 aromatic heterocycles. The van der Waals surface area contributed by atoms with E-state index in [-0.39, 0.29) is 24.0 Å². The summed E-state index contributed by atoms with van der Waals surface area (Å²) in [6, 6.07) is 10.2. The average Bonchev–Trinajstić information content (AvgIpc) is 2.47. The molecule has 0 saturated carbocycles. The van der Waals surface area contributed by atoms with Crippen LogP contribution in [0.3, 0.4) is 0 Å². The third-order valence-electron chi connectivity index (χ3n) is 2.93. The van der Waals surface area contributed by atoms with E-state index in [0.29, 0.717) is 12.6 Å². The molecule has 0 spiro atoms. The molecule has 0 amide bonds. The molecule has 0 radical (unpaired) electrons. The minimum absolute atomic E-state index is 0. The molecule has 1 rings (SSSR count). The molecule has 0 saturated heterocycles. The first-order valence-electron chi connectivity index (χ1n) is 7.48. The van der Waals surface area contributed by atoms with Gasteiger partial charge in [0.1, 0.15) is 0 Å². The second kappa shape index (κ2) is 14.1. The van der Waals surface area contributed by atoms with Crippen LogP contribution in [0, 0.1) is 0 Å². The molecule has 1 aromatic carbocycles. The number of guanidine groups is 1. The molecule has 120 valence electrons.